The first-order valence-corrected chi connectivity index (χ1v) is 4.66. The molecule has 14 heavy (non-hydrogen) atoms. The molecule has 0 spiro atoms. The van der Waals surface area contributed by atoms with E-state index in [1.807, 2.05) is 6.92 Å². The lowest BCUT2D eigenvalue weighted by atomic mass is 9.98. The summed E-state index contributed by atoms with van der Waals surface area (Å²) in [6.07, 6.45) is 1.69. The summed E-state index contributed by atoms with van der Waals surface area (Å²) in [6.45, 7) is 1.94. The molecule has 0 aromatic carbocycles. The summed E-state index contributed by atoms with van der Waals surface area (Å²) in [5, 5.41) is 8.94. The average Bonchev–Trinajstić information content (AvgIpc) is 2.42. The first-order valence-electron chi connectivity index (χ1n) is 4.66. The minimum Gasteiger partial charge on any atom is -0.299 e. The molecule has 5 nitrogen and oxygen atoms in total. The Labute approximate surface area is 81.6 Å². The molecule has 0 radical (unpaired) electrons. The number of hydrogen-bond acceptors (Lipinski definition) is 4. The van der Waals surface area contributed by atoms with Crippen molar-refractivity contribution in [3.05, 3.63) is 0 Å². The average molecular weight is 199 g/mol. The van der Waals surface area contributed by atoms with Crippen molar-refractivity contribution < 1.29 is 19.6 Å². The fourth-order valence-electron chi connectivity index (χ4n) is 1.40. The van der Waals surface area contributed by atoms with E-state index in [-0.39, 0.29) is 17.3 Å². The Morgan fingerprint density at radius 3 is 2.64 bits per heavy atom. The van der Waals surface area contributed by atoms with Crippen LogP contribution in [0.15, 0.2) is 0 Å². The van der Waals surface area contributed by atoms with Crippen molar-refractivity contribution >= 4 is 17.6 Å². The van der Waals surface area contributed by atoms with E-state index in [9.17, 15) is 14.4 Å². The molecule has 0 aliphatic carbocycles. The van der Waals surface area contributed by atoms with Crippen LogP contribution in [0.1, 0.15) is 32.6 Å². The van der Waals surface area contributed by atoms with Crippen LogP contribution in [0.25, 0.3) is 0 Å². The second-order valence-corrected chi connectivity index (χ2v) is 3.37. The first-order chi connectivity index (χ1) is 6.57. The zero-order valence-electron chi connectivity index (χ0n) is 8.02. The molecular weight excluding hydrogens is 186 g/mol. The van der Waals surface area contributed by atoms with E-state index in [1.54, 1.807) is 0 Å². The van der Waals surface area contributed by atoms with Gasteiger partial charge in [0.15, 0.2) is 0 Å². The Morgan fingerprint density at radius 1 is 1.57 bits per heavy atom. The Morgan fingerprint density at radius 2 is 2.21 bits per heavy atom. The van der Waals surface area contributed by atoms with Crippen LogP contribution in [0.5, 0.6) is 0 Å². The lowest BCUT2D eigenvalue weighted by Gasteiger charge is -2.05. The predicted octanol–water partition coefficient (Wildman–Crippen LogP) is 0.510. The highest BCUT2D eigenvalue weighted by Gasteiger charge is 2.41. The summed E-state index contributed by atoms with van der Waals surface area (Å²) >= 11 is 0. The molecular formula is C9H13NO4. The van der Waals surface area contributed by atoms with Crippen LogP contribution >= 0.6 is 0 Å². The summed E-state index contributed by atoms with van der Waals surface area (Å²) in [4.78, 5) is 33.4. The van der Waals surface area contributed by atoms with Crippen LogP contribution in [-0.4, -0.2) is 27.9 Å². The molecule has 1 rings (SSSR count). The van der Waals surface area contributed by atoms with E-state index in [0.29, 0.717) is 12.8 Å². The lowest BCUT2D eigenvalue weighted by molar-refractivity contribution is -0.172. The molecule has 1 saturated heterocycles. The molecule has 78 valence electrons. The summed E-state index contributed by atoms with van der Waals surface area (Å²) < 4.78 is 0. The maximum absolute atomic E-state index is 11.4. The summed E-state index contributed by atoms with van der Waals surface area (Å²) in [5.41, 5.74) is 0. The molecule has 1 atom stereocenters. The zero-order valence-corrected chi connectivity index (χ0v) is 8.02. The fraction of sp³-hybridized carbons (Fsp3) is 0.667. The van der Waals surface area contributed by atoms with Gasteiger partial charge in [-0.2, -0.15) is 5.06 Å². The van der Waals surface area contributed by atoms with Crippen molar-refractivity contribution in [2.24, 2.45) is 5.92 Å². The number of Topliss-reactive ketones (excluding diaryl/α,β-unsaturated/α-hetero) is 1. The summed E-state index contributed by atoms with van der Waals surface area (Å²) in [7, 11) is 0. The van der Waals surface area contributed by atoms with Gasteiger partial charge in [-0.15, -0.1) is 0 Å². The maximum atomic E-state index is 11.4. The standard InChI is InChI=1S/C9H13NO4/c1-2-3-4-7(11)6-5-8(12)10(14)9(6)13/h6,14H,2-5H2,1H3. The van der Waals surface area contributed by atoms with Gasteiger partial charge in [-0.05, 0) is 6.42 Å². The van der Waals surface area contributed by atoms with Crippen molar-refractivity contribution in [3.63, 3.8) is 0 Å². The van der Waals surface area contributed by atoms with E-state index in [4.69, 9.17) is 5.21 Å². The van der Waals surface area contributed by atoms with Gasteiger partial charge in [-0.25, -0.2) is 0 Å². The number of hydroxylamine groups is 2. The third kappa shape index (κ3) is 1.98. The van der Waals surface area contributed by atoms with Crippen LogP contribution in [0.3, 0.4) is 0 Å². The Hall–Kier alpha value is -1.23. The molecule has 2 amide bonds. The van der Waals surface area contributed by atoms with Gasteiger partial charge in [0.1, 0.15) is 11.7 Å². The van der Waals surface area contributed by atoms with Crippen LogP contribution in [0.2, 0.25) is 0 Å². The van der Waals surface area contributed by atoms with Crippen molar-refractivity contribution in [2.75, 3.05) is 0 Å². The van der Waals surface area contributed by atoms with Crippen molar-refractivity contribution in [3.8, 4) is 0 Å². The highest BCUT2D eigenvalue weighted by atomic mass is 16.5. The minimum absolute atomic E-state index is 0.0501. The fourth-order valence-corrected chi connectivity index (χ4v) is 1.40. The van der Waals surface area contributed by atoms with Gasteiger partial charge in [0.2, 0.25) is 0 Å². The van der Waals surface area contributed by atoms with Gasteiger partial charge >= 0.3 is 0 Å². The van der Waals surface area contributed by atoms with Crippen LogP contribution in [-0.2, 0) is 14.4 Å². The topological polar surface area (TPSA) is 74.7 Å². The number of ketones is 1. The highest BCUT2D eigenvalue weighted by Crippen LogP contribution is 2.20. The molecule has 1 fully saturated rings. The number of rotatable bonds is 4. The van der Waals surface area contributed by atoms with Gasteiger partial charge in [0, 0.05) is 12.8 Å². The molecule has 1 aliphatic rings. The molecule has 0 aromatic heterocycles. The predicted molar refractivity (Wildman–Crippen MR) is 46.3 cm³/mol. The van der Waals surface area contributed by atoms with Crippen molar-refractivity contribution in [1.82, 2.24) is 5.06 Å². The number of carbonyl (C=O) groups is 3. The highest BCUT2D eigenvalue weighted by molar-refractivity contribution is 6.13. The van der Waals surface area contributed by atoms with E-state index in [2.05, 4.69) is 0 Å². The van der Waals surface area contributed by atoms with E-state index >= 15 is 0 Å². The Bertz CT molecular complexity index is 274. The molecule has 0 bridgehead atoms. The van der Waals surface area contributed by atoms with E-state index in [0.717, 1.165) is 6.42 Å². The monoisotopic (exact) mass is 199 g/mol. The molecule has 1 heterocycles. The smallest absolute Gasteiger partial charge is 0.264 e. The Balaban J connectivity index is 2.58. The molecule has 1 N–H and O–H groups in total. The van der Waals surface area contributed by atoms with E-state index < -0.39 is 17.7 Å². The largest absolute Gasteiger partial charge is 0.299 e. The molecule has 0 saturated carbocycles. The van der Waals surface area contributed by atoms with Crippen LogP contribution < -0.4 is 0 Å². The first kappa shape index (κ1) is 10.8. The van der Waals surface area contributed by atoms with E-state index in [1.165, 1.54) is 0 Å². The van der Waals surface area contributed by atoms with Crippen molar-refractivity contribution in [2.45, 2.75) is 32.6 Å². The molecule has 1 aliphatic heterocycles. The maximum Gasteiger partial charge on any atom is 0.264 e. The third-order valence-corrected chi connectivity index (χ3v) is 2.29. The second-order valence-electron chi connectivity index (χ2n) is 3.37. The van der Waals surface area contributed by atoms with Gasteiger partial charge in [-0.1, -0.05) is 13.3 Å². The number of hydrogen-bond donors (Lipinski definition) is 1. The summed E-state index contributed by atoms with van der Waals surface area (Å²) in [6, 6.07) is 0. The lowest BCUT2D eigenvalue weighted by Crippen LogP contribution is -2.29. The number of amides is 2. The van der Waals surface area contributed by atoms with Gasteiger partial charge in [-0.3, -0.25) is 19.6 Å². The normalized spacial score (nSPS) is 21.9. The van der Waals surface area contributed by atoms with Gasteiger partial charge in [0.25, 0.3) is 11.8 Å². The number of imide groups is 1. The zero-order chi connectivity index (χ0) is 10.7. The van der Waals surface area contributed by atoms with Gasteiger partial charge < -0.3 is 0 Å². The minimum atomic E-state index is -0.945. The second kappa shape index (κ2) is 4.32. The number of nitrogens with zero attached hydrogens (tertiary/aromatic N) is 1. The van der Waals surface area contributed by atoms with Crippen LogP contribution in [0, 0.1) is 5.92 Å². The molecule has 0 aromatic rings. The number of unbranched alkanes of at least 4 members (excludes halogenated alkanes) is 1. The third-order valence-electron chi connectivity index (χ3n) is 2.29. The van der Waals surface area contributed by atoms with Crippen LogP contribution in [0.4, 0.5) is 0 Å². The Kier molecular flexibility index (Phi) is 3.35. The molecule has 1 unspecified atom stereocenters. The summed E-state index contributed by atoms with van der Waals surface area (Å²) in [5.74, 6) is -2.67. The molecule has 5 heteroatoms. The quantitative estimate of drug-likeness (QED) is 0.406. The number of carbonyl (C=O) groups excluding carboxylic acids is 3. The van der Waals surface area contributed by atoms with Gasteiger partial charge in [0.05, 0.1) is 0 Å². The van der Waals surface area contributed by atoms with Crippen molar-refractivity contribution in [1.29, 1.82) is 0 Å². The SMILES string of the molecule is CCCCC(=O)C1CC(=O)N(O)C1=O.